The molecule has 1 aromatic heterocycles. The maximum Gasteiger partial charge on any atom is 0.407 e. The minimum Gasteiger partial charge on any atom is -0.444 e. The van der Waals surface area contributed by atoms with Crippen molar-refractivity contribution in [1.82, 2.24) is 36.2 Å². The molecule has 3 amide bonds. The van der Waals surface area contributed by atoms with Crippen LogP contribution < -0.4 is 16.0 Å². The van der Waals surface area contributed by atoms with Crippen LogP contribution in [0.5, 0.6) is 0 Å². The number of nitrogens with zero attached hydrogens (tertiary/aromatic N) is 4. The predicted octanol–water partition coefficient (Wildman–Crippen LogP) is 9.10. The summed E-state index contributed by atoms with van der Waals surface area (Å²) in [5, 5.41) is 23.4. The molecule has 0 bridgehead atoms. The van der Waals surface area contributed by atoms with Gasteiger partial charge in [0, 0.05) is 60.2 Å². The van der Waals surface area contributed by atoms with Crippen LogP contribution in [-0.2, 0) is 27.3 Å². The van der Waals surface area contributed by atoms with Crippen LogP contribution in [0, 0.1) is 24.7 Å². The Bertz CT molecular complexity index is 2350. The molecule has 0 saturated heterocycles. The van der Waals surface area contributed by atoms with Crippen molar-refractivity contribution in [3.05, 3.63) is 119 Å². The van der Waals surface area contributed by atoms with Crippen molar-refractivity contribution in [3.8, 4) is 22.5 Å². The number of rotatable bonds is 16. The van der Waals surface area contributed by atoms with E-state index >= 15 is 0 Å². The Morgan fingerprint density at radius 2 is 1.51 bits per heavy atom. The summed E-state index contributed by atoms with van der Waals surface area (Å²) >= 11 is 0. The fourth-order valence-corrected chi connectivity index (χ4v) is 9.29. The van der Waals surface area contributed by atoms with E-state index in [1.54, 1.807) is 12.1 Å². The number of ether oxygens (including phenoxy) is 1. The van der Waals surface area contributed by atoms with E-state index in [0.717, 1.165) is 72.9 Å². The standard InChI is InChI=1S/C52H64N8O5/c1-34-29-41(49(62)54-44-24-26-45(27-25-44)60(5)33-37-9-7-6-8-10-37)21-28-46(34)38-15-11-35(12-16-38)30-42(50(63)55-43-22-19-40(20-23-43)48-56-58-59-57-48)31-47(61)39-17-13-36(14-18-39)32-53-51(64)65-52(2,3)4/h6-12,15-16,19-23,28-29,36,39,42,44-45H,13-14,17-18,24-27,30-33H2,1-5H3,(H,53,64)(H,54,62)(H,55,63)(H,56,57,58,59)/t36?,39?,42-,44?,45?/m1/s1. The molecule has 2 aliphatic rings. The summed E-state index contributed by atoms with van der Waals surface area (Å²) in [4.78, 5) is 56.0. The van der Waals surface area contributed by atoms with E-state index in [-0.39, 0.29) is 41.9 Å². The molecule has 342 valence electrons. The maximum absolute atomic E-state index is 14.0. The average molecular weight is 881 g/mol. The van der Waals surface area contributed by atoms with Gasteiger partial charge in [-0.2, -0.15) is 5.21 Å². The summed E-state index contributed by atoms with van der Waals surface area (Å²) in [6.45, 7) is 8.98. The van der Waals surface area contributed by atoms with Crippen molar-refractivity contribution in [1.29, 1.82) is 0 Å². The first-order valence-electron chi connectivity index (χ1n) is 23.2. The van der Waals surface area contributed by atoms with Crippen molar-refractivity contribution >= 4 is 29.4 Å². The number of Topliss-reactive ketones (excluding diaryl/α,β-unsaturated/α-hetero) is 1. The number of hydrogen-bond acceptors (Lipinski definition) is 9. The molecule has 0 spiro atoms. The number of anilines is 1. The Labute approximate surface area is 382 Å². The molecule has 2 fully saturated rings. The van der Waals surface area contributed by atoms with E-state index < -0.39 is 17.6 Å². The molecular formula is C52H64N8O5. The van der Waals surface area contributed by atoms with E-state index in [9.17, 15) is 19.2 Å². The number of ketones is 1. The predicted molar refractivity (Wildman–Crippen MR) is 253 cm³/mol. The van der Waals surface area contributed by atoms with Gasteiger partial charge in [-0.3, -0.25) is 19.3 Å². The Kier molecular flexibility index (Phi) is 15.6. The first kappa shape index (κ1) is 46.8. The highest BCUT2D eigenvalue weighted by Gasteiger charge is 2.31. The molecule has 2 saturated carbocycles. The van der Waals surface area contributed by atoms with Gasteiger partial charge < -0.3 is 20.7 Å². The number of aromatic amines is 1. The van der Waals surface area contributed by atoms with Gasteiger partial charge in [0.2, 0.25) is 11.7 Å². The molecule has 0 aliphatic heterocycles. The lowest BCUT2D eigenvalue weighted by molar-refractivity contribution is -0.129. The van der Waals surface area contributed by atoms with E-state index in [0.29, 0.717) is 48.9 Å². The number of hydrogen-bond donors (Lipinski definition) is 4. The van der Waals surface area contributed by atoms with E-state index in [4.69, 9.17) is 4.74 Å². The maximum atomic E-state index is 14.0. The van der Waals surface area contributed by atoms with Crippen LogP contribution in [0.4, 0.5) is 10.5 Å². The van der Waals surface area contributed by atoms with Gasteiger partial charge in [0.05, 0.1) is 0 Å². The zero-order valence-corrected chi connectivity index (χ0v) is 38.4. The first-order valence-corrected chi connectivity index (χ1v) is 23.2. The van der Waals surface area contributed by atoms with Gasteiger partial charge in [0.1, 0.15) is 11.4 Å². The van der Waals surface area contributed by atoms with Gasteiger partial charge in [0.25, 0.3) is 5.91 Å². The number of carbonyl (C=O) groups excluding carboxylic acids is 4. The molecule has 1 heterocycles. The van der Waals surface area contributed by atoms with Gasteiger partial charge >= 0.3 is 6.09 Å². The second-order valence-electron chi connectivity index (χ2n) is 19.1. The molecule has 0 unspecified atom stereocenters. The Morgan fingerprint density at radius 1 is 0.815 bits per heavy atom. The smallest absolute Gasteiger partial charge is 0.407 e. The van der Waals surface area contributed by atoms with Crippen LogP contribution in [0.3, 0.4) is 0 Å². The number of aromatic nitrogens is 4. The van der Waals surface area contributed by atoms with Crippen molar-refractivity contribution in [2.24, 2.45) is 17.8 Å². The molecule has 4 aromatic carbocycles. The number of nitrogens with one attached hydrogen (secondary N) is 4. The van der Waals surface area contributed by atoms with Gasteiger partial charge in [-0.15, -0.1) is 10.2 Å². The van der Waals surface area contributed by atoms with Gasteiger partial charge in [0.15, 0.2) is 0 Å². The van der Waals surface area contributed by atoms with Crippen LogP contribution in [0.1, 0.15) is 106 Å². The lowest BCUT2D eigenvalue weighted by Gasteiger charge is -2.35. The van der Waals surface area contributed by atoms with Crippen molar-refractivity contribution < 1.29 is 23.9 Å². The fourth-order valence-electron chi connectivity index (χ4n) is 9.29. The van der Waals surface area contributed by atoms with Gasteiger partial charge in [-0.1, -0.05) is 60.7 Å². The molecule has 4 N–H and O–H groups in total. The molecule has 65 heavy (non-hydrogen) atoms. The third-order valence-corrected chi connectivity index (χ3v) is 13.0. The van der Waals surface area contributed by atoms with Crippen LogP contribution in [0.15, 0.2) is 97.1 Å². The second-order valence-corrected chi connectivity index (χ2v) is 19.1. The minimum atomic E-state index is -0.596. The molecule has 1 atom stereocenters. The van der Waals surface area contributed by atoms with Crippen LogP contribution in [-0.4, -0.2) is 80.5 Å². The van der Waals surface area contributed by atoms with Crippen molar-refractivity contribution in [3.63, 3.8) is 0 Å². The SMILES string of the molecule is Cc1cc(C(=O)NC2CCC(N(C)Cc3ccccc3)CC2)ccc1-c1ccc(C[C@H](CC(=O)C2CCC(CNC(=O)OC(C)(C)C)CC2)C(=O)Nc2ccc(-c3nn[nH]n3)cc2)cc1. The van der Waals surface area contributed by atoms with E-state index in [1.165, 1.54) is 5.56 Å². The normalized spacial score (nSPS) is 19.2. The largest absolute Gasteiger partial charge is 0.444 e. The molecular weight excluding hydrogens is 817 g/mol. The summed E-state index contributed by atoms with van der Waals surface area (Å²) in [6.07, 6.45) is 7.18. The molecule has 13 heteroatoms. The molecule has 13 nitrogen and oxygen atoms in total. The second kappa shape index (κ2) is 21.6. The number of alkyl carbamates (subject to hydrolysis) is 1. The number of aryl methyl sites for hydroxylation is 1. The highest BCUT2D eigenvalue weighted by atomic mass is 16.6. The van der Waals surface area contributed by atoms with Gasteiger partial charge in [-0.25, -0.2) is 4.79 Å². The van der Waals surface area contributed by atoms with Crippen LogP contribution in [0.2, 0.25) is 0 Å². The van der Waals surface area contributed by atoms with Crippen molar-refractivity contribution in [2.45, 2.75) is 116 Å². The number of tetrazole rings is 1. The first-order chi connectivity index (χ1) is 31.3. The zero-order chi connectivity index (χ0) is 45.9. The number of H-pyrrole nitrogens is 1. The molecule has 5 aromatic rings. The Hall–Kier alpha value is -6.21. The zero-order valence-electron chi connectivity index (χ0n) is 38.4. The summed E-state index contributed by atoms with van der Waals surface area (Å²) in [5.41, 5.74) is 6.75. The van der Waals surface area contributed by atoms with E-state index in [1.807, 2.05) is 88.4 Å². The van der Waals surface area contributed by atoms with Crippen LogP contribution >= 0.6 is 0 Å². The summed E-state index contributed by atoms with van der Waals surface area (Å²) < 4.78 is 5.39. The molecule has 0 radical (unpaired) electrons. The lowest BCUT2D eigenvalue weighted by atomic mass is 9.77. The number of benzene rings is 4. The Morgan fingerprint density at radius 3 is 2.15 bits per heavy atom. The quantitative estimate of drug-likeness (QED) is 0.0755. The van der Waals surface area contributed by atoms with Crippen LogP contribution in [0.25, 0.3) is 22.5 Å². The summed E-state index contributed by atoms with van der Waals surface area (Å²) in [5.74, 6) is -0.189. The number of amides is 3. The summed E-state index contributed by atoms with van der Waals surface area (Å²) in [7, 11) is 2.20. The molecule has 7 rings (SSSR count). The van der Waals surface area contributed by atoms with Gasteiger partial charge in [-0.05, 0) is 168 Å². The topological polar surface area (TPSA) is 171 Å². The third kappa shape index (κ3) is 13.4. The number of carbonyl (C=O) groups is 4. The average Bonchev–Trinajstić information content (AvgIpc) is 3.84. The highest BCUT2D eigenvalue weighted by molar-refractivity contribution is 5.96. The fraction of sp³-hybridized carbons (Fsp3) is 0.442. The monoisotopic (exact) mass is 880 g/mol. The highest BCUT2D eigenvalue weighted by Crippen LogP contribution is 2.32. The molecule has 2 aliphatic carbocycles. The third-order valence-electron chi connectivity index (χ3n) is 13.0. The minimum absolute atomic E-state index is 0.0406. The van der Waals surface area contributed by atoms with Crippen molar-refractivity contribution in [2.75, 3.05) is 18.9 Å². The Balaban J connectivity index is 0.952. The summed E-state index contributed by atoms with van der Waals surface area (Å²) in [6, 6.07) is 32.5. The van der Waals surface area contributed by atoms with E-state index in [2.05, 4.69) is 72.8 Å². The lowest BCUT2D eigenvalue weighted by Crippen LogP contribution is -2.42.